The van der Waals surface area contributed by atoms with Crippen molar-refractivity contribution in [2.75, 3.05) is 5.75 Å². The molecule has 1 N–H and O–H groups in total. The number of carbonyl (C=O) groups is 1. The van der Waals surface area contributed by atoms with Crippen molar-refractivity contribution in [2.45, 2.75) is 32.2 Å². The van der Waals surface area contributed by atoms with Gasteiger partial charge in [0.15, 0.2) is 0 Å². The van der Waals surface area contributed by atoms with Crippen LogP contribution >= 0.6 is 12.6 Å². The molecule has 86 valence electrons. The van der Waals surface area contributed by atoms with Crippen molar-refractivity contribution in [3.63, 3.8) is 0 Å². The zero-order chi connectivity index (χ0) is 11.4. The van der Waals surface area contributed by atoms with Crippen LogP contribution in [0.3, 0.4) is 0 Å². The van der Waals surface area contributed by atoms with E-state index in [1.165, 1.54) is 42.4 Å². The highest BCUT2D eigenvalue weighted by Crippen LogP contribution is 2.22. The molecule has 1 aliphatic carbocycles. The average molecular weight is 235 g/mol. The lowest BCUT2D eigenvalue weighted by atomic mass is 9.90. The van der Waals surface area contributed by atoms with Gasteiger partial charge >= 0.3 is 0 Å². The first-order chi connectivity index (χ1) is 7.79. The highest BCUT2D eigenvalue weighted by Gasteiger charge is 2.09. The van der Waals surface area contributed by atoms with E-state index in [0.717, 1.165) is 0 Å². The molecule has 2 nitrogen and oxygen atoms in total. The fraction of sp³-hybridized carbons (Fsp3) is 0.462. The fourth-order valence-electron chi connectivity index (χ4n) is 2.15. The first-order valence-corrected chi connectivity index (χ1v) is 6.41. The highest BCUT2D eigenvalue weighted by molar-refractivity contribution is 7.81. The maximum Gasteiger partial charge on any atom is 0.229 e. The number of thiol groups is 1. The number of hydrogen-bond donors (Lipinski definition) is 2. The monoisotopic (exact) mass is 235 g/mol. The molecule has 0 radical (unpaired) electrons. The van der Waals surface area contributed by atoms with E-state index in [-0.39, 0.29) is 11.7 Å². The van der Waals surface area contributed by atoms with Crippen molar-refractivity contribution in [2.24, 2.45) is 0 Å². The van der Waals surface area contributed by atoms with Crippen LogP contribution in [-0.2, 0) is 24.2 Å². The third-order valence-corrected chi connectivity index (χ3v) is 3.33. The van der Waals surface area contributed by atoms with Gasteiger partial charge in [-0.2, -0.15) is 12.6 Å². The summed E-state index contributed by atoms with van der Waals surface area (Å²) in [4.78, 5) is 11.1. The summed E-state index contributed by atoms with van der Waals surface area (Å²) < 4.78 is 0. The number of fused-ring (bicyclic) bond motifs is 1. The van der Waals surface area contributed by atoms with Gasteiger partial charge in [-0.1, -0.05) is 18.2 Å². The molecule has 0 atom stereocenters. The van der Waals surface area contributed by atoms with Gasteiger partial charge in [0, 0.05) is 6.54 Å². The molecule has 0 bridgehead atoms. The Balaban J connectivity index is 2.03. The van der Waals surface area contributed by atoms with Crippen LogP contribution in [0.5, 0.6) is 0 Å². The minimum atomic E-state index is -0.0129. The predicted molar refractivity (Wildman–Crippen MR) is 68.8 cm³/mol. The molecule has 1 aromatic rings. The largest absolute Gasteiger partial charge is 0.351 e. The maximum atomic E-state index is 11.1. The van der Waals surface area contributed by atoms with Crippen molar-refractivity contribution in [1.29, 1.82) is 0 Å². The molecule has 0 aromatic heterocycles. The summed E-state index contributed by atoms with van der Waals surface area (Å²) in [6, 6.07) is 6.55. The van der Waals surface area contributed by atoms with E-state index in [1.54, 1.807) is 0 Å². The van der Waals surface area contributed by atoms with Crippen LogP contribution < -0.4 is 5.32 Å². The second kappa shape index (κ2) is 5.39. The Labute approximate surface area is 102 Å². The number of hydrogen-bond acceptors (Lipinski definition) is 2. The van der Waals surface area contributed by atoms with Gasteiger partial charge in [0.2, 0.25) is 5.91 Å². The van der Waals surface area contributed by atoms with Gasteiger partial charge in [-0.05, 0) is 42.4 Å². The van der Waals surface area contributed by atoms with E-state index < -0.39 is 0 Å². The Kier molecular flexibility index (Phi) is 3.88. The summed E-state index contributed by atoms with van der Waals surface area (Å²) in [5, 5.41) is 2.84. The van der Waals surface area contributed by atoms with Crippen molar-refractivity contribution in [1.82, 2.24) is 5.32 Å². The molecule has 2 rings (SSSR count). The van der Waals surface area contributed by atoms with E-state index in [9.17, 15) is 4.79 Å². The van der Waals surface area contributed by atoms with Crippen LogP contribution in [0.2, 0.25) is 0 Å². The highest BCUT2D eigenvalue weighted by atomic mass is 32.1. The van der Waals surface area contributed by atoms with Gasteiger partial charge in [-0.3, -0.25) is 4.79 Å². The molecule has 16 heavy (non-hydrogen) atoms. The van der Waals surface area contributed by atoms with E-state index in [0.29, 0.717) is 6.54 Å². The van der Waals surface area contributed by atoms with E-state index in [1.807, 2.05) is 0 Å². The lowest BCUT2D eigenvalue weighted by Crippen LogP contribution is -2.23. The summed E-state index contributed by atoms with van der Waals surface area (Å²) in [5.74, 6) is 0.242. The zero-order valence-electron chi connectivity index (χ0n) is 9.33. The van der Waals surface area contributed by atoms with Crippen LogP contribution in [0.25, 0.3) is 0 Å². The topological polar surface area (TPSA) is 29.1 Å². The molecule has 3 heteroatoms. The molecule has 0 fully saturated rings. The van der Waals surface area contributed by atoms with E-state index in [4.69, 9.17) is 0 Å². The SMILES string of the molecule is O=C(CS)NCc1ccc2c(c1)CCCC2. The van der Waals surface area contributed by atoms with Crippen LogP contribution in [0.15, 0.2) is 18.2 Å². The Hall–Kier alpha value is -0.960. The molecule has 1 aliphatic rings. The third kappa shape index (κ3) is 2.79. The zero-order valence-corrected chi connectivity index (χ0v) is 10.2. The predicted octanol–water partition coefficient (Wildman–Crippen LogP) is 2.11. The van der Waals surface area contributed by atoms with Gasteiger partial charge < -0.3 is 5.32 Å². The first kappa shape index (κ1) is 11.5. The molecule has 0 spiro atoms. The fourth-order valence-corrected chi connectivity index (χ4v) is 2.27. The molecule has 0 saturated carbocycles. The summed E-state index contributed by atoms with van der Waals surface area (Å²) in [6.45, 7) is 0.618. The number of amides is 1. The minimum Gasteiger partial charge on any atom is -0.351 e. The van der Waals surface area contributed by atoms with Gasteiger partial charge in [0.05, 0.1) is 5.75 Å². The maximum absolute atomic E-state index is 11.1. The van der Waals surface area contributed by atoms with Crippen LogP contribution in [0.1, 0.15) is 29.5 Å². The van der Waals surface area contributed by atoms with Crippen molar-refractivity contribution < 1.29 is 4.79 Å². The molecular formula is C13H17NOS. The summed E-state index contributed by atoms with van der Waals surface area (Å²) >= 11 is 3.93. The van der Waals surface area contributed by atoms with Crippen molar-refractivity contribution >= 4 is 18.5 Å². The number of nitrogens with one attached hydrogen (secondary N) is 1. The molecule has 1 amide bonds. The summed E-state index contributed by atoms with van der Waals surface area (Å²) in [5.41, 5.74) is 4.13. The average Bonchev–Trinajstić information content (AvgIpc) is 2.35. The molecule has 0 heterocycles. The van der Waals surface area contributed by atoms with Crippen molar-refractivity contribution in [3.05, 3.63) is 34.9 Å². The standard InChI is InChI=1S/C13H17NOS/c15-13(9-16)14-8-10-5-6-11-3-1-2-4-12(11)7-10/h5-7,16H,1-4,8-9H2,(H,14,15). The first-order valence-electron chi connectivity index (χ1n) is 5.78. The quantitative estimate of drug-likeness (QED) is 0.772. The molecule has 0 aliphatic heterocycles. The second-order valence-electron chi connectivity index (χ2n) is 4.25. The lowest BCUT2D eigenvalue weighted by molar-refractivity contribution is -0.118. The molecule has 0 unspecified atom stereocenters. The summed E-state index contributed by atoms with van der Waals surface area (Å²) in [7, 11) is 0. The Bertz CT molecular complexity index is 390. The van der Waals surface area contributed by atoms with Gasteiger partial charge in [-0.25, -0.2) is 0 Å². The molecule has 0 saturated heterocycles. The van der Waals surface area contributed by atoms with E-state index >= 15 is 0 Å². The van der Waals surface area contributed by atoms with E-state index in [2.05, 4.69) is 36.1 Å². The van der Waals surface area contributed by atoms with Gasteiger partial charge in [0.1, 0.15) is 0 Å². The minimum absolute atomic E-state index is 0.0129. The third-order valence-electron chi connectivity index (χ3n) is 3.05. The molecular weight excluding hydrogens is 218 g/mol. The van der Waals surface area contributed by atoms with Gasteiger partial charge in [-0.15, -0.1) is 0 Å². The molecule has 1 aromatic carbocycles. The Morgan fingerprint density at radius 1 is 1.25 bits per heavy atom. The van der Waals surface area contributed by atoms with Crippen LogP contribution in [0, 0.1) is 0 Å². The summed E-state index contributed by atoms with van der Waals surface area (Å²) in [6.07, 6.45) is 4.99. The number of benzene rings is 1. The Morgan fingerprint density at radius 3 is 2.75 bits per heavy atom. The Morgan fingerprint density at radius 2 is 2.00 bits per heavy atom. The normalized spacial score (nSPS) is 14.3. The van der Waals surface area contributed by atoms with Crippen LogP contribution in [-0.4, -0.2) is 11.7 Å². The number of aryl methyl sites for hydroxylation is 2. The number of rotatable bonds is 3. The number of carbonyl (C=O) groups excluding carboxylic acids is 1. The van der Waals surface area contributed by atoms with Crippen molar-refractivity contribution in [3.8, 4) is 0 Å². The smallest absolute Gasteiger partial charge is 0.229 e. The van der Waals surface area contributed by atoms with Crippen LogP contribution in [0.4, 0.5) is 0 Å². The second-order valence-corrected chi connectivity index (χ2v) is 4.56. The lowest BCUT2D eigenvalue weighted by Gasteiger charge is -2.16. The van der Waals surface area contributed by atoms with Gasteiger partial charge in [0.25, 0.3) is 0 Å².